The highest BCUT2D eigenvalue weighted by molar-refractivity contribution is 5.89. The van der Waals surface area contributed by atoms with E-state index in [0.29, 0.717) is 5.82 Å². The highest BCUT2D eigenvalue weighted by atomic mass is 16.2. The Morgan fingerprint density at radius 3 is 2.09 bits per heavy atom. The van der Waals surface area contributed by atoms with Crippen molar-refractivity contribution in [3.63, 3.8) is 0 Å². The molecule has 4 rings (SSSR count). The number of amides is 3. The highest BCUT2D eigenvalue weighted by Gasteiger charge is 2.33. The molecule has 184 valence electrons. The zero-order valence-electron chi connectivity index (χ0n) is 20.9. The number of urea groups is 1. The number of carbonyl (C=O) groups excluding carboxylic acids is 2. The van der Waals surface area contributed by atoms with Crippen molar-refractivity contribution in [1.82, 2.24) is 25.7 Å². The summed E-state index contributed by atoms with van der Waals surface area (Å²) < 4.78 is 1.64. The van der Waals surface area contributed by atoms with Crippen LogP contribution in [0, 0.1) is 5.92 Å². The van der Waals surface area contributed by atoms with Crippen LogP contribution in [0.2, 0.25) is 0 Å². The van der Waals surface area contributed by atoms with Crippen molar-refractivity contribution in [3.8, 4) is 0 Å². The number of nitrogens with zero attached hydrogens (tertiary/aromatic N) is 2. The Hall–Kier alpha value is -3.65. The minimum atomic E-state index is -0.570. The number of aromatic nitrogens is 2. The van der Waals surface area contributed by atoms with E-state index in [9.17, 15) is 9.59 Å². The van der Waals surface area contributed by atoms with Crippen molar-refractivity contribution in [2.24, 2.45) is 5.92 Å². The molecule has 3 aromatic rings. The lowest BCUT2D eigenvalue weighted by Crippen LogP contribution is -2.57. The molecule has 2 aromatic carbocycles. The smallest absolute Gasteiger partial charge is 0.321 e. The second-order valence-corrected chi connectivity index (χ2v) is 10.1. The fraction of sp³-hybridized carbons (Fsp3) is 0.370. The van der Waals surface area contributed by atoms with Crippen molar-refractivity contribution in [1.29, 1.82) is 0 Å². The zero-order chi connectivity index (χ0) is 25.2. The van der Waals surface area contributed by atoms with Gasteiger partial charge in [-0.1, -0.05) is 88.4 Å². The number of anilines is 1. The monoisotopic (exact) mass is 474 g/mol. The third kappa shape index (κ3) is 5.54. The van der Waals surface area contributed by atoms with Gasteiger partial charge in [0.25, 0.3) is 0 Å². The maximum absolute atomic E-state index is 13.3. The Balaban J connectivity index is 1.61. The third-order valence-electron chi connectivity index (χ3n) is 6.39. The van der Waals surface area contributed by atoms with Crippen molar-refractivity contribution in [3.05, 3.63) is 83.6 Å². The first-order chi connectivity index (χ1) is 16.6. The van der Waals surface area contributed by atoms with Gasteiger partial charge in [0, 0.05) is 17.5 Å². The summed E-state index contributed by atoms with van der Waals surface area (Å²) in [5.74, 6) is 0.269. The minimum Gasteiger partial charge on any atom is -0.327 e. The van der Waals surface area contributed by atoms with E-state index < -0.39 is 6.29 Å². The molecule has 3 amide bonds. The van der Waals surface area contributed by atoms with E-state index in [1.807, 2.05) is 80.6 Å². The number of rotatable bonds is 5. The first-order valence-electron chi connectivity index (χ1n) is 12.0. The van der Waals surface area contributed by atoms with Crippen molar-refractivity contribution in [2.75, 3.05) is 5.32 Å². The normalized spacial score (nSPS) is 20.4. The Morgan fingerprint density at radius 1 is 1.00 bits per heavy atom. The van der Waals surface area contributed by atoms with E-state index >= 15 is 0 Å². The molecule has 8 nitrogen and oxygen atoms in total. The molecule has 1 fully saturated rings. The molecule has 1 aliphatic heterocycles. The summed E-state index contributed by atoms with van der Waals surface area (Å²) in [6, 6.07) is 20.8. The van der Waals surface area contributed by atoms with Crippen molar-refractivity contribution >= 4 is 17.8 Å². The Morgan fingerprint density at radius 2 is 1.57 bits per heavy atom. The largest absolute Gasteiger partial charge is 0.327 e. The number of benzene rings is 2. The summed E-state index contributed by atoms with van der Waals surface area (Å²) in [5.41, 5.74) is 2.51. The molecule has 1 aliphatic rings. The lowest BCUT2D eigenvalue weighted by Gasteiger charge is -2.34. The number of carbonyl (C=O) groups is 2. The van der Waals surface area contributed by atoms with Crippen LogP contribution in [0.1, 0.15) is 63.8 Å². The van der Waals surface area contributed by atoms with Crippen LogP contribution in [-0.4, -0.2) is 27.8 Å². The van der Waals surface area contributed by atoms with Gasteiger partial charge in [0.1, 0.15) is 5.82 Å². The quantitative estimate of drug-likeness (QED) is 0.443. The maximum atomic E-state index is 13.3. The molecule has 3 atom stereocenters. The van der Waals surface area contributed by atoms with Crippen LogP contribution in [-0.2, 0) is 10.2 Å². The SMILES string of the molecule is CC1NC(n2nc(C(C)(C)C)cc2NC(=O)NC(c2ccccc2)c2ccccc2)NC(=O)C1C. The minimum absolute atomic E-state index is 0.0433. The molecule has 3 unspecified atom stereocenters. The van der Waals surface area contributed by atoms with E-state index in [0.717, 1.165) is 16.8 Å². The van der Waals surface area contributed by atoms with Crippen LogP contribution in [0.5, 0.6) is 0 Å². The maximum Gasteiger partial charge on any atom is 0.321 e. The van der Waals surface area contributed by atoms with Gasteiger partial charge in [-0.25, -0.2) is 9.48 Å². The van der Waals surface area contributed by atoms with Gasteiger partial charge in [0.15, 0.2) is 6.29 Å². The van der Waals surface area contributed by atoms with Crippen LogP contribution in [0.25, 0.3) is 0 Å². The molecular weight excluding hydrogens is 440 g/mol. The van der Waals surface area contributed by atoms with Gasteiger partial charge in [-0.05, 0) is 18.1 Å². The average molecular weight is 475 g/mol. The first-order valence-corrected chi connectivity index (χ1v) is 12.0. The summed E-state index contributed by atoms with van der Waals surface area (Å²) >= 11 is 0. The Bertz CT molecular complexity index is 1130. The second kappa shape index (κ2) is 9.92. The predicted molar refractivity (Wildman–Crippen MR) is 137 cm³/mol. The summed E-state index contributed by atoms with van der Waals surface area (Å²) in [4.78, 5) is 25.8. The van der Waals surface area contributed by atoms with Crippen LogP contribution >= 0.6 is 0 Å². The van der Waals surface area contributed by atoms with E-state index in [1.165, 1.54) is 0 Å². The lowest BCUT2D eigenvalue weighted by molar-refractivity contribution is -0.130. The van der Waals surface area contributed by atoms with Crippen LogP contribution in [0.15, 0.2) is 66.7 Å². The Kier molecular flexibility index (Phi) is 6.93. The molecule has 0 radical (unpaired) electrons. The van der Waals surface area contributed by atoms with Gasteiger partial charge in [-0.3, -0.25) is 15.4 Å². The standard InChI is InChI=1S/C27H34N6O2/c1-17-18(2)28-25(31-24(17)34)33-22(16-21(32-33)27(3,4)5)29-26(35)30-23(19-12-8-6-9-13-19)20-14-10-7-11-15-20/h6-18,23,25,28H,1-5H3,(H,31,34)(H2,29,30,35). The topological polar surface area (TPSA) is 100 Å². The second-order valence-electron chi connectivity index (χ2n) is 10.1. The van der Waals surface area contributed by atoms with Crippen LogP contribution < -0.4 is 21.3 Å². The summed E-state index contributed by atoms with van der Waals surface area (Å²) in [6.45, 7) is 10.0. The molecule has 35 heavy (non-hydrogen) atoms. The van der Waals surface area contributed by atoms with Gasteiger partial charge in [0.2, 0.25) is 5.91 Å². The van der Waals surface area contributed by atoms with Gasteiger partial charge < -0.3 is 10.6 Å². The fourth-order valence-electron chi connectivity index (χ4n) is 4.04. The summed E-state index contributed by atoms with van der Waals surface area (Å²) in [5, 5.41) is 17.2. The molecule has 0 saturated carbocycles. The van der Waals surface area contributed by atoms with E-state index in [2.05, 4.69) is 42.0 Å². The molecular formula is C27H34N6O2. The van der Waals surface area contributed by atoms with E-state index in [1.54, 1.807) is 4.68 Å². The molecule has 1 aromatic heterocycles. The molecule has 0 bridgehead atoms. The van der Waals surface area contributed by atoms with E-state index in [-0.39, 0.29) is 35.4 Å². The van der Waals surface area contributed by atoms with E-state index in [4.69, 9.17) is 5.10 Å². The third-order valence-corrected chi connectivity index (χ3v) is 6.39. The fourth-order valence-corrected chi connectivity index (χ4v) is 4.04. The van der Waals surface area contributed by atoms with Gasteiger partial charge in [-0.15, -0.1) is 0 Å². The number of hydrogen-bond donors (Lipinski definition) is 4. The molecule has 8 heteroatoms. The number of hydrogen-bond acceptors (Lipinski definition) is 4. The molecule has 1 saturated heterocycles. The lowest BCUT2D eigenvalue weighted by atomic mass is 9.92. The average Bonchev–Trinajstić information content (AvgIpc) is 3.26. The van der Waals surface area contributed by atoms with Gasteiger partial charge >= 0.3 is 6.03 Å². The molecule has 0 spiro atoms. The summed E-state index contributed by atoms with van der Waals surface area (Å²) in [6.07, 6.45) is -0.570. The Labute approximate surface area is 206 Å². The molecule has 2 heterocycles. The molecule has 4 N–H and O–H groups in total. The van der Waals surface area contributed by atoms with Gasteiger partial charge in [-0.2, -0.15) is 5.10 Å². The highest BCUT2D eigenvalue weighted by Crippen LogP contribution is 2.27. The zero-order valence-corrected chi connectivity index (χ0v) is 20.9. The molecule has 0 aliphatic carbocycles. The van der Waals surface area contributed by atoms with Crippen molar-refractivity contribution in [2.45, 2.75) is 58.4 Å². The van der Waals surface area contributed by atoms with Gasteiger partial charge in [0.05, 0.1) is 17.7 Å². The van der Waals surface area contributed by atoms with Crippen LogP contribution in [0.4, 0.5) is 10.6 Å². The first kappa shape index (κ1) is 24.5. The van der Waals surface area contributed by atoms with Crippen LogP contribution in [0.3, 0.4) is 0 Å². The number of nitrogens with one attached hydrogen (secondary N) is 4. The van der Waals surface area contributed by atoms with Crippen molar-refractivity contribution < 1.29 is 9.59 Å². The predicted octanol–water partition coefficient (Wildman–Crippen LogP) is 4.29. The summed E-state index contributed by atoms with van der Waals surface area (Å²) in [7, 11) is 0.